The zero-order valence-electron chi connectivity index (χ0n) is 18.9. The number of aryl methyl sites for hydroxylation is 1. The number of carboxylic acid groups (broad SMARTS) is 1. The molecule has 0 aliphatic carbocycles. The molecule has 0 radical (unpaired) electrons. The third-order valence-electron chi connectivity index (χ3n) is 5.04. The van der Waals surface area contributed by atoms with Crippen LogP contribution in [0, 0.1) is 0 Å². The molecule has 1 aliphatic rings. The summed E-state index contributed by atoms with van der Waals surface area (Å²) in [5.74, 6) is 0.610. The number of aliphatic hydroxyl groups is 1. The largest absolute Gasteiger partial charge is 0.481 e. The van der Waals surface area contributed by atoms with Crippen LogP contribution >= 0.6 is 0 Å². The summed E-state index contributed by atoms with van der Waals surface area (Å²) in [4.78, 5) is 31.1. The Hall–Kier alpha value is -3.24. The van der Waals surface area contributed by atoms with E-state index in [1.54, 1.807) is 19.4 Å². The smallest absolute Gasteiger partial charge is 0.305 e. The van der Waals surface area contributed by atoms with E-state index >= 15 is 0 Å². The lowest BCUT2D eigenvalue weighted by atomic mass is 10.1. The molecule has 1 unspecified atom stereocenters. The van der Waals surface area contributed by atoms with Gasteiger partial charge in [0.15, 0.2) is 0 Å². The molecule has 180 valence electrons. The molecule has 0 saturated heterocycles. The predicted octanol–water partition coefficient (Wildman–Crippen LogP) is 1.48. The first kappa shape index (κ1) is 26.0. The van der Waals surface area contributed by atoms with E-state index in [1.165, 1.54) is 10.5 Å². The van der Waals surface area contributed by atoms with E-state index in [4.69, 9.17) is 9.84 Å². The summed E-state index contributed by atoms with van der Waals surface area (Å²) in [6.07, 6.45) is 4.28. The van der Waals surface area contributed by atoms with Crippen molar-refractivity contribution in [2.75, 3.05) is 45.2 Å². The highest BCUT2D eigenvalue weighted by Gasteiger charge is 2.14. The number of aromatic nitrogens is 2. The van der Waals surface area contributed by atoms with Gasteiger partial charge in [-0.1, -0.05) is 12.1 Å². The minimum Gasteiger partial charge on any atom is -0.481 e. The number of carbonyl (C=O) groups excluding carboxylic acids is 1. The molecule has 2 aromatic heterocycles. The number of fused-ring (bicyclic) bond motifs is 1. The lowest BCUT2D eigenvalue weighted by Crippen LogP contribution is -2.33. The topological polar surface area (TPSA) is 137 Å². The molecule has 0 aromatic carbocycles. The lowest BCUT2D eigenvalue weighted by Gasteiger charge is -2.19. The van der Waals surface area contributed by atoms with Crippen LogP contribution in [0.2, 0.25) is 0 Å². The van der Waals surface area contributed by atoms with Gasteiger partial charge in [0.1, 0.15) is 5.82 Å². The van der Waals surface area contributed by atoms with Gasteiger partial charge in [0.05, 0.1) is 25.3 Å². The van der Waals surface area contributed by atoms with Crippen LogP contribution in [0.1, 0.15) is 36.6 Å². The first-order valence-electron chi connectivity index (χ1n) is 11.0. The number of hydrogen-bond acceptors (Lipinski definition) is 8. The number of hydrogen-bond donors (Lipinski definition) is 4. The molecule has 10 nitrogen and oxygen atoms in total. The molecule has 1 aliphatic heterocycles. The number of methoxy groups -OCH3 is 1. The maximum absolute atomic E-state index is 10.8. The zero-order chi connectivity index (χ0) is 23.9. The van der Waals surface area contributed by atoms with Gasteiger partial charge in [-0.05, 0) is 43.5 Å². The number of carbonyl (C=O) groups is 2. The number of rotatable bonds is 12. The minimum atomic E-state index is -0.921. The summed E-state index contributed by atoms with van der Waals surface area (Å²) in [6, 6.07) is 9.43. The first-order valence-corrected chi connectivity index (χ1v) is 11.0. The second kappa shape index (κ2) is 14.8. The molecule has 0 bridgehead atoms. The number of aliphatic carboxylic acids is 1. The van der Waals surface area contributed by atoms with Gasteiger partial charge in [0.25, 0.3) is 0 Å². The van der Waals surface area contributed by atoms with Crippen LogP contribution in [0.3, 0.4) is 0 Å². The van der Waals surface area contributed by atoms with Crippen LogP contribution in [0.5, 0.6) is 5.88 Å². The molecule has 4 N–H and O–H groups in total. The first-order chi connectivity index (χ1) is 16.0. The van der Waals surface area contributed by atoms with Crippen molar-refractivity contribution in [3.63, 3.8) is 0 Å². The van der Waals surface area contributed by atoms with Crippen LogP contribution in [0.15, 0.2) is 36.5 Å². The summed E-state index contributed by atoms with van der Waals surface area (Å²) < 4.78 is 4.80. The van der Waals surface area contributed by atoms with Gasteiger partial charge in [0.2, 0.25) is 12.3 Å². The van der Waals surface area contributed by atoms with E-state index in [0.29, 0.717) is 44.0 Å². The van der Waals surface area contributed by atoms with Gasteiger partial charge in [-0.15, -0.1) is 0 Å². The van der Waals surface area contributed by atoms with Crippen molar-refractivity contribution >= 4 is 18.2 Å². The van der Waals surface area contributed by atoms with Crippen molar-refractivity contribution in [1.29, 1.82) is 0 Å². The number of anilines is 1. The van der Waals surface area contributed by atoms with Crippen molar-refractivity contribution in [1.82, 2.24) is 20.2 Å². The molecular formula is C23H33N5O5. The van der Waals surface area contributed by atoms with E-state index in [1.807, 2.05) is 24.3 Å². The molecule has 2 aromatic rings. The van der Waals surface area contributed by atoms with E-state index in [9.17, 15) is 14.7 Å². The number of nitrogens with zero attached hydrogens (tertiary/aromatic N) is 3. The van der Waals surface area contributed by atoms with Crippen molar-refractivity contribution in [3.8, 4) is 5.88 Å². The highest BCUT2D eigenvalue weighted by molar-refractivity contribution is 5.67. The van der Waals surface area contributed by atoms with Gasteiger partial charge in [0, 0.05) is 38.4 Å². The summed E-state index contributed by atoms with van der Waals surface area (Å²) >= 11 is 0. The number of aliphatic hydroxyl groups excluding tert-OH is 1. The van der Waals surface area contributed by atoms with Gasteiger partial charge < -0.3 is 30.5 Å². The van der Waals surface area contributed by atoms with Gasteiger partial charge in [-0.25, -0.2) is 9.97 Å². The SMILES string of the molecule is COc1ccccn1.O=CN(CCNCCC(O)c1ccc2c(n1)NCCC2)CCC(=O)O. The Bertz CT molecular complexity index is 852. The quantitative estimate of drug-likeness (QED) is 0.275. The maximum atomic E-state index is 10.8. The predicted molar refractivity (Wildman–Crippen MR) is 124 cm³/mol. The van der Waals surface area contributed by atoms with Crippen LogP contribution < -0.4 is 15.4 Å². The normalized spacial score (nSPS) is 12.9. The van der Waals surface area contributed by atoms with Crippen molar-refractivity contribution in [2.24, 2.45) is 0 Å². The van der Waals surface area contributed by atoms with Crippen molar-refractivity contribution in [2.45, 2.75) is 31.8 Å². The number of carboxylic acids is 1. The van der Waals surface area contributed by atoms with Gasteiger partial charge in [-0.3, -0.25) is 9.59 Å². The fourth-order valence-corrected chi connectivity index (χ4v) is 3.19. The van der Waals surface area contributed by atoms with E-state index in [2.05, 4.69) is 20.6 Å². The summed E-state index contributed by atoms with van der Waals surface area (Å²) in [5, 5.41) is 25.3. The highest BCUT2D eigenvalue weighted by atomic mass is 16.5. The van der Waals surface area contributed by atoms with E-state index in [0.717, 1.165) is 25.2 Å². The van der Waals surface area contributed by atoms with Gasteiger partial charge >= 0.3 is 5.97 Å². The Morgan fingerprint density at radius 1 is 1.30 bits per heavy atom. The number of ether oxygens (including phenoxy) is 1. The van der Waals surface area contributed by atoms with Crippen LogP contribution in [-0.2, 0) is 16.0 Å². The third kappa shape index (κ3) is 9.84. The second-order valence-corrected chi connectivity index (χ2v) is 7.49. The maximum Gasteiger partial charge on any atom is 0.305 e. The Morgan fingerprint density at radius 3 is 2.82 bits per heavy atom. The number of nitrogens with one attached hydrogen (secondary N) is 2. The molecule has 1 atom stereocenters. The standard InChI is InChI=1S/C17H26N4O4.C6H7NO/c22-12-21(10-6-16(24)25)11-9-18-8-5-15(23)14-4-3-13-2-1-7-19-17(13)20-14;1-8-6-4-2-3-5-7-6/h3-4,12,15,18,23H,1-2,5-11H2,(H,19,20)(H,24,25);2-5H,1H3. The Balaban J connectivity index is 0.000000405. The molecule has 1 amide bonds. The lowest BCUT2D eigenvalue weighted by molar-refractivity contribution is -0.137. The Morgan fingerprint density at radius 2 is 2.15 bits per heavy atom. The molecule has 0 spiro atoms. The fraction of sp³-hybridized carbons (Fsp3) is 0.478. The average Bonchev–Trinajstić information content (AvgIpc) is 2.86. The summed E-state index contributed by atoms with van der Waals surface area (Å²) in [7, 11) is 1.60. The van der Waals surface area contributed by atoms with Crippen LogP contribution in [0.25, 0.3) is 0 Å². The summed E-state index contributed by atoms with van der Waals surface area (Å²) in [6.45, 7) is 2.68. The molecule has 10 heteroatoms. The molecule has 0 saturated carbocycles. The number of pyridine rings is 2. The van der Waals surface area contributed by atoms with Crippen LogP contribution in [0.4, 0.5) is 5.82 Å². The van der Waals surface area contributed by atoms with E-state index in [-0.39, 0.29) is 13.0 Å². The highest BCUT2D eigenvalue weighted by Crippen LogP contribution is 2.23. The van der Waals surface area contributed by atoms with Crippen molar-refractivity contribution < 1.29 is 24.5 Å². The van der Waals surface area contributed by atoms with E-state index < -0.39 is 12.1 Å². The average molecular weight is 460 g/mol. The van der Waals surface area contributed by atoms with Gasteiger partial charge in [-0.2, -0.15) is 0 Å². The Labute approximate surface area is 194 Å². The fourth-order valence-electron chi connectivity index (χ4n) is 3.19. The molecule has 0 fully saturated rings. The summed E-state index contributed by atoms with van der Waals surface area (Å²) in [5.41, 5.74) is 1.85. The second-order valence-electron chi connectivity index (χ2n) is 7.49. The minimum absolute atomic E-state index is 0.0600. The molecule has 33 heavy (non-hydrogen) atoms. The Kier molecular flexibility index (Phi) is 11.6. The molecule has 3 heterocycles. The van der Waals surface area contributed by atoms with Crippen molar-refractivity contribution in [3.05, 3.63) is 47.8 Å². The monoisotopic (exact) mass is 459 g/mol. The molecular weight excluding hydrogens is 426 g/mol. The third-order valence-corrected chi connectivity index (χ3v) is 5.04. The zero-order valence-corrected chi connectivity index (χ0v) is 18.9. The van der Waals surface area contributed by atoms with Crippen LogP contribution in [-0.4, -0.2) is 77.3 Å². The number of amides is 1. The molecule has 3 rings (SSSR count).